The van der Waals surface area contributed by atoms with Crippen LogP contribution in [0.4, 0.5) is 0 Å². The van der Waals surface area contributed by atoms with Crippen molar-refractivity contribution in [1.82, 2.24) is 4.90 Å². The number of hydrogen-bond donors (Lipinski definition) is 0. The van der Waals surface area contributed by atoms with Crippen molar-refractivity contribution in [3.8, 4) is 0 Å². The van der Waals surface area contributed by atoms with Gasteiger partial charge in [0.2, 0.25) is 0 Å². The molecule has 3 rings (SSSR count). The predicted molar refractivity (Wildman–Crippen MR) is 78.3 cm³/mol. The molecule has 5 heteroatoms. The smallest absolute Gasteiger partial charge is 0.264 e. The van der Waals surface area contributed by atoms with Crippen LogP contribution < -0.4 is 0 Å². The maximum Gasteiger partial charge on any atom is 0.264 e. The second kappa shape index (κ2) is 5.12. The maximum atomic E-state index is 12.5. The zero-order chi connectivity index (χ0) is 13.4. The van der Waals surface area contributed by atoms with Crippen molar-refractivity contribution in [3.05, 3.63) is 33.7 Å². The molecule has 1 amide bonds. The van der Waals surface area contributed by atoms with E-state index in [0.717, 1.165) is 20.5 Å². The highest BCUT2D eigenvalue weighted by atomic mass is 35.5. The van der Waals surface area contributed by atoms with Crippen molar-refractivity contribution in [2.75, 3.05) is 26.3 Å². The molecular weight excluding hydrogens is 282 g/mol. The Morgan fingerprint density at radius 1 is 1.37 bits per heavy atom. The summed E-state index contributed by atoms with van der Waals surface area (Å²) in [5.74, 6) is 0.109. The molecule has 2 heterocycles. The number of ether oxygens (including phenoxy) is 1. The molecule has 0 radical (unpaired) electrons. The molecule has 0 atom stereocenters. The summed E-state index contributed by atoms with van der Waals surface area (Å²) in [4.78, 5) is 15.2. The standard InChI is InChI=1S/C14H14ClNO2S/c1-9-11-3-2-10(15)8-12(11)19-13(9)14(17)16-4-6-18-7-5-16/h2-3,8H,4-7H2,1H3. The van der Waals surface area contributed by atoms with Gasteiger partial charge in [-0.25, -0.2) is 0 Å². The number of carbonyl (C=O) groups excluding carboxylic acids is 1. The van der Waals surface area contributed by atoms with Gasteiger partial charge in [-0.15, -0.1) is 11.3 Å². The minimum Gasteiger partial charge on any atom is -0.378 e. The Balaban J connectivity index is 2.00. The number of aryl methyl sites for hydroxylation is 1. The fourth-order valence-electron chi connectivity index (χ4n) is 2.31. The van der Waals surface area contributed by atoms with Gasteiger partial charge in [-0.2, -0.15) is 0 Å². The van der Waals surface area contributed by atoms with Crippen LogP contribution in [0.3, 0.4) is 0 Å². The summed E-state index contributed by atoms with van der Waals surface area (Å²) in [6, 6.07) is 5.77. The Morgan fingerprint density at radius 3 is 2.84 bits per heavy atom. The number of hydrogen-bond acceptors (Lipinski definition) is 3. The second-order valence-electron chi connectivity index (χ2n) is 4.60. The van der Waals surface area contributed by atoms with Gasteiger partial charge in [-0.05, 0) is 30.0 Å². The van der Waals surface area contributed by atoms with Gasteiger partial charge >= 0.3 is 0 Å². The number of nitrogens with zero attached hydrogens (tertiary/aromatic N) is 1. The lowest BCUT2D eigenvalue weighted by Gasteiger charge is -2.26. The Kier molecular flexibility index (Phi) is 3.48. The van der Waals surface area contributed by atoms with E-state index in [1.54, 1.807) is 0 Å². The van der Waals surface area contributed by atoms with Crippen LogP contribution in [0, 0.1) is 6.92 Å². The monoisotopic (exact) mass is 295 g/mol. The third-order valence-corrected chi connectivity index (χ3v) is 4.87. The van der Waals surface area contributed by atoms with Crippen LogP contribution in [0.2, 0.25) is 5.02 Å². The van der Waals surface area contributed by atoms with E-state index in [1.807, 2.05) is 30.0 Å². The molecule has 1 aromatic heterocycles. The topological polar surface area (TPSA) is 29.5 Å². The summed E-state index contributed by atoms with van der Waals surface area (Å²) in [6.07, 6.45) is 0. The lowest BCUT2D eigenvalue weighted by atomic mass is 10.1. The minimum absolute atomic E-state index is 0.109. The molecule has 1 aliphatic rings. The molecule has 1 fully saturated rings. The van der Waals surface area contributed by atoms with E-state index < -0.39 is 0 Å². The first-order valence-corrected chi connectivity index (χ1v) is 7.42. The first kappa shape index (κ1) is 12.9. The van der Waals surface area contributed by atoms with Gasteiger partial charge in [-0.1, -0.05) is 17.7 Å². The van der Waals surface area contributed by atoms with Gasteiger partial charge in [0.15, 0.2) is 0 Å². The summed E-state index contributed by atoms with van der Waals surface area (Å²) < 4.78 is 6.35. The van der Waals surface area contributed by atoms with E-state index in [2.05, 4.69) is 0 Å². The van der Waals surface area contributed by atoms with Crippen LogP contribution in [-0.4, -0.2) is 37.1 Å². The fourth-order valence-corrected chi connectivity index (χ4v) is 3.77. The fraction of sp³-hybridized carbons (Fsp3) is 0.357. The van der Waals surface area contributed by atoms with E-state index in [-0.39, 0.29) is 5.91 Å². The summed E-state index contributed by atoms with van der Waals surface area (Å²) in [5.41, 5.74) is 1.05. The van der Waals surface area contributed by atoms with E-state index in [4.69, 9.17) is 16.3 Å². The number of thiophene rings is 1. The highest BCUT2D eigenvalue weighted by Crippen LogP contribution is 2.33. The maximum absolute atomic E-state index is 12.5. The Labute approximate surface area is 120 Å². The average molecular weight is 296 g/mol. The van der Waals surface area contributed by atoms with E-state index in [9.17, 15) is 4.79 Å². The molecule has 0 spiro atoms. The molecule has 19 heavy (non-hydrogen) atoms. The molecule has 3 nitrogen and oxygen atoms in total. The molecule has 100 valence electrons. The quantitative estimate of drug-likeness (QED) is 0.807. The normalized spacial score (nSPS) is 16.0. The van der Waals surface area contributed by atoms with E-state index >= 15 is 0 Å². The van der Waals surface area contributed by atoms with Crippen molar-refractivity contribution in [2.24, 2.45) is 0 Å². The van der Waals surface area contributed by atoms with Crippen molar-refractivity contribution < 1.29 is 9.53 Å². The Bertz CT molecular complexity index is 632. The molecule has 2 aromatic rings. The second-order valence-corrected chi connectivity index (χ2v) is 6.09. The zero-order valence-corrected chi connectivity index (χ0v) is 12.2. The van der Waals surface area contributed by atoms with Gasteiger partial charge in [0.25, 0.3) is 5.91 Å². The number of carbonyl (C=O) groups is 1. The molecule has 0 aliphatic carbocycles. The molecule has 0 N–H and O–H groups in total. The highest BCUT2D eigenvalue weighted by Gasteiger charge is 2.22. The molecular formula is C14H14ClNO2S. The van der Waals surface area contributed by atoms with Crippen LogP contribution in [0.5, 0.6) is 0 Å². The van der Waals surface area contributed by atoms with Gasteiger partial charge < -0.3 is 9.64 Å². The summed E-state index contributed by atoms with van der Waals surface area (Å²) >= 11 is 7.53. The summed E-state index contributed by atoms with van der Waals surface area (Å²) in [6.45, 7) is 4.60. The number of benzene rings is 1. The molecule has 1 saturated heterocycles. The van der Waals surface area contributed by atoms with Crippen molar-refractivity contribution in [2.45, 2.75) is 6.92 Å². The number of rotatable bonds is 1. The van der Waals surface area contributed by atoms with Crippen LogP contribution in [-0.2, 0) is 4.74 Å². The summed E-state index contributed by atoms with van der Waals surface area (Å²) in [7, 11) is 0. The molecule has 0 unspecified atom stereocenters. The highest BCUT2D eigenvalue weighted by molar-refractivity contribution is 7.21. The van der Waals surface area contributed by atoms with Gasteiger partial charge in [0.05, 0.1) is 18.1 Å². The first-order valence-electron chi connectivity index (χ1n) is 6.22. The van der Waals surface area contributed by atoms with E-state index in [1.165, 1.54) is 11.3 Å². The number of morpholine rings is 1. The number of fused-ring (bicyclic) bond motifs is 1. The van der Waals surface area contributed by atoms with Crippen LogP contribution >= 0.6 is 22.9 Å². The Hall–Kier alpha value is -1.10. The molecule has 0 bridgehead atoms. The molecule has 1 aromatic carbocycles. The average Bonchev–Trinajstić information content (AvgIpc) is 2.75. The van der Waals surface area contributed by atoms with Gasteiger partial charge in [-0.3, -0.25) is 4.79 Å². The first-order chi connectivity index (χ1) is 9.16. The largest absolute Gasteiger partial charge is 0.378 e. The van der Waals surface area contributed by atoms with Crippen molar-refractivity contribution >= 4 is 38.9 Å². The van der Waals surface area contributed by atoms with Crippen molar-refractivity contribution in [3.63, 3.8) is 0 Å². The Morgan fingerprint density at radius 2 is 2.11 bits per heavy atom. The van der Waals surface area contributed by atoms with Crippen LogP contribution in [0.1, 0.15) is 15.2 Å². The van der Waals surface area contributed by atoms with Gasteiger partial charge in [0, 0.05) is 22.8 Å². The lowest BCUT2D eigenvalue weighted by Crippen LogP contribution is -2.40. The van der Waals surface area contributed by atoms with E-state index in [0.29, 0.717) is 31.3 Å². The zero-order valence-electron chi connectivity index (χ0n) is 10.6. The van der Waals surface area contributed by atoms with Crippen molar-refractivity contribution in [1.29, 1.82) is 0 Å². The SMILES string of the molecule is Cc1c(C(=O)N2CCOCC2)sc2cc(Cl)ccc12. The minimum atomic E-state index is 0.109. The molecule has 0 saturated carbocycles. The molecule has 1 aliphatic heterocycles. The number of amides is 1. The third kappa shape index (κ3) is 2.36. The predicted octanol–water partition coefficient (Wildman–Crippen LogP) is 3.34. The lowest BCUT2D eigenvalue weighted by molar-refractivity contribution is 0.0306. The van der Waals surface area contributed by atoms with Gasteiger partial charge in [0.1, 0.15) is 0 Å². The van der Waals surface area contributed by atoms with Crippen LogP contribution in [0.25, 0.3) is 10.1 Å². The van der Waals surface area contributed by atoms with Crippen LogP contribution in [0.15, 0.2) is 18.2 Å². The number of halogens is 1. The third-order valence-electron chi connectivity index (χ3n) is 3.39. The summed E-state index contributed by atoms with van der Waals surface area (Å²) in [5, 5.41) is 1.82.